The molecule has 0 aliphatic carbocycles. The summed E-state index contributed by atoms with van der Waals surface area (Å²) in [6.45, 7) is 2.70. The third-order valence-electron chi connectivity index (χ3n) is 4.54. The van der Waals surface area contributed by atoms with Crippen LogP contribution in [-0.4, -0.2) is 37.8 Å². The molecule has 0 bridgehead atoms. The Bertz CT molecular complexity index is 1050. The van der Waals surface area contributed by atoms with Crippen molar-refractivity contribution >= 4 is 34.3 Å². The molecule has 0 aliphatic rings. The molecule has 0 saturated heterocycles. The van der Waals surface area contributed by atoms with Gasteiger partial charge in [0.2, 0.25) is 5.91 Å². The van der Waals surface area contributed by atoms with E-state index in [-0.39, 0.29) is 18.4 Å². The molecular formula is C24H26N2O4S. The first-order chi connectivity index (χ1) is 15.1. The second-order valence-corrected chi connectivity index (χ2v) is 7.85. The van der Waals surface area contributed by atoms with Crippen LogP contribution in [0.15, 0.2) is 65.6 Å². The molecule has 0 fully saturated rings. The lowest BCUT2D eigenvalue weighted by molar-refractivity contribution is -0.123. The van der Waals surface area contributed by atoms with E-state index in [0.717, 1.165) is 15.8 Å². The highest BCUT2D eigenvalue weighted by atomic mass is 32.2. The number of fused-ring (bicyclic) bond motifs is 1. The molecule has 3 aromatic rings. The zero-order valence-electron chi connectivity index (χ0n) is 17.6. The monoisotopic (exact) mass is 438 g/mol. The van der Waals surface area contributed by atoms with E-state index in [1.54, 1.807) is 12.1 Å². The summed E-state index contributed by atoms with van der Waals surface area (Å²) in [6.07, 6.45) is 0. The normalized spacial score (nSPS) is 10.5. The van der Waals surface area contributed by atoms with Crippen molar-refractivity contribution in [3.63, 3.8) is 0 Å². The lowest BCUT2D eigenvalue weighted by atomic mass is 10.1. The highest BCUT2D eigenvalue weighted by molar-refractivity contribution is 8.00. The molecule has 0 atom stereocenters. The molecule has 162 valence electrons. The zero-order valence-corrected chi connectivity index (χ0v) is 18.5. The summed E-state index contributed by atoms with van der Waals surface area (Å²) in [7, 11) is 1.54. The van der Waals surface area contributed by atoms with Crippen molar-refractivity contribution in [2.45, 2.75) is 18.4 Å². The molecule has 2 amide bonds. The second-order valence-electron chi connectivity index (χ2n) is 6.80. The molecule has 0 saturated carbocycles. The highest BCUT2D eigenvalue weighted by Gasteiger charge is 2.10. The third-order valence-corrected chi connectivity index (χ3v) is 5.54. The molecule has 0 aromatic heterocycles. The van der Waals surface area contributed by atoms with Gasteiger partial charge in [-0.15, -0.1) is 11.8 Å². The number of methoxy groups -OCH3 is 1. The summed E-state index contributed by atoms with van der Waals surface area (Å²) < 4.78 is 10.9. The number of likely N-dealkylation sites (N-methyl/N-ethyl adjacent to an activating group) is 1. The van der Waals surface area contributed by atoms with Crippen molar-refractivity contribution in [3.05, 3.63) is 66.2 Å². The fourth-order valence-corrected chi connectivity index (χ4v) is 3.76. The molecule has 3 aromatic carbocycles. The van der Waals surface area contributed by atoms with Gasteiger partial charge in [0.15, 0.2) is 18.1 Å². The van der Waals surface area contributed by atoms with Crippen molar-refractivity contribution in [3.8, 4) is 11.5 Å². The van der Waals surface area contributed by atoms with Crippen LogP contribution >= 0.6 is 11.8 Å². The minimum Gasteiger partial charge on any atom is -0.493 e. The van der Waals surface area contributed by atoms with Crippen LogP contribution in [-0.2, 0) is 16.1 Å². The van der Waals surface area contributed by atoms with Crippen LogP contribution in [0, 0.1) is 0 Å². The topological polar surface area (TPSA) is 76.7 Å². The fourth-order valence-electron chi connectivity index (χ4n) is 2.99. The maximum atomic E-state index is 12.3. The number of hydrogen-bond acceptors (Lipinski definition) is 5. The molecule has 0 radical (unpaired) electrons. The minimum absolute atomic E-state index is 0.0475. The second kappa shape index (κ2) is 11.3. The number of rotatable bonds is 10. The van der Waals surface area contributed by atoms with E-state index in [2.05, 4.69) is 34.9 Å². The van der Waals surface area contributed by atoms with Crippen molar-refractivity contribution < 1.29 is 19.1 Å². The lowest BCUT2D eigenvalue weighted by Gasteiger charge is -2.12. The molecule has 0 aliphatic heterocycles. The van der Waals surface area contributed by atoms with E-state index >= 15 is 0 Å². The number of ether oxygens (including phenoxy) is 2. The van der Waals surface area contributed by atoms with Gasteiger partial charge in [-0.2, -0.15) is 0 Å². The molecule has 0 heterocycles. The van der Waals surface area contributed by atoms with E-state index in [1.165, 1.54) is 24.3 Å². The van der Waals surface area contributed by atoms with Crippen molar-refractivity contribution in [1.29, 1.82) is 0 Å². The smallest absolute Gasteiger partial charge is 0.257 e. The molecule has 0 spiro atoms. The van der Waals surface area contributed by atoms with E-state index < -0.39 is 0 Å². The Balaban J connectivity index is 1.50. The number of thioether (sulfide) groups is 1. The summed E-state index contributed by atoms with van der Waals surface area (Å²) in [6, 6.07) is 19.7. The predicted octanol–water partition coefficient (Wildman–Crippen LogP) is 3.77. The Morgan fingerprint density at radius 1 is 0.903 bits per heavy atom. The number of amides is 2. The Hall–Kier alpha value is -3.19. The lowest BCUT2D eigenvalue weighted by Crippen LogP contribution is -2.28. The number of carbonyl (C=O) groups is 2. The summed E-state index contributed by atoms with van der Waals surface area (Å²) in [5.41, 5.74) is 0.881. The quantitative estimate of drug-likeness (QED) is 0.471. The van der Waals surface area contributed by atoms with Gasteiger partial charge in [0.05, 0.1) is 12.9 Å². The van der Waals surface area contributed by atoms with E-state index in [4.69, 9.17) is 9.47 Å². The summed E-state index contributed by atoms with van der Waals surface area (Å²) in [4.78, 5) is 24.9. The van der Waals surface area contributed by atoms with Crippen molar-refractivity contribution in [2.75, 3.05) is 26.0 Å². The zero-order chi connectivity index (χ0) is 22.1. The van der Waals surface area contributed by atoms with Gasteiger partial charge in [-0.3, -0.25) is 9.59 Å². The summed E-state index contributed by atoms with van der Waals surface area (Å²) in [5, 5.41) is 7.94. The highest BCUT2D eigenvalue weighted by Crippen LogP contribution is 2.28. The Kier molecular flexibility index (Phi) is 8.18. The minimum atomic E-state index is -0.190. The van der Waals surface area contributed by atoms with Crippen LogP contribution in [0.5, 0.6) is 11.5 Å². The van der Waals surface area contributed by atoms with Crippen LogP contribution in [0.25, 0.3) is 10.8 Å². The van der Waals surface area contributed by atoms with Gasteiger partial charge in [0.1, 0.15) is 0 Å². The van der Waals surface area contributed by atoms with E-state index in [9.17, 15) is 9.59 Å². The van der Waals surface area contributed by atoms with Gasteiger partial charge >= 0.3 is 0 Å². The summed E-state index contributed by atoms with van der Waals surface area (Å²) >= 11 is 1.51. The van der Waals surface area contributed by atoms with Crippen LogP contribution in [0.2, 0.25) is 0 Å². The first-order valence-electron chi connectivity index (χ1n) is 10.0. The Morgan fingerprint density at radius 3 is 2.48 bits per heavy atom. The molecule has 31 heavy (non-hydrogen) atoms. The van der Waals surface area contributed by atoms with Crippen LogP contribution in [0.4, 0.5) is 0 Å². The van der Waals surface area contributed by atoms with Crippen LogP contribution < -0.4 is 20.1 Å². The van der Waals surface area contributed by atoms with Crippen LogP contribution in [0.3, 0.4) is 0 Å². The molecule has 0 unspecified atom stereocenters. The standard InChI is InChI=1S/C24H26N2O4S/c1-3-25-23(27)15-30-21-11-8-17(12-22(21)29-2)14-26-24(28)16-31-20-10-9-18-6-4-5-7-19(18)13-20/h4-13H,3,14-16H2,1-2H3,(H,25,27)(H,26,28). The average Bonchev–Trinajstić information content (AvgIpc) is 2.80. The molecule has 2 N–H and O–H groups in total. The molecule has 7 heteroatoms. The number of nitrogens with one attached hydrogen (secondary N) is 2. The van der Waals surface area contributed by atoms with Crippen molar-refractivity contribution in [2.24, 2.45) is 0 Å². The average molecular weight is 439 g/mol. The van der Waals surface area contributed by atoms with Gasteiger partial charge in [0, 0.05) is 18.0 Å². The predicted molar refractivity (Wildman–Crippen MR) is 124 cm³/mol. The first-order valence-corrected chi connectivity index (χ1v) is 11.0. The van der Waals surface area contributed by atoms with Crippen molar-refractivity contribution in [1.82, 2.24) is 10.6 Å². The van der Waals surface area contributed by atoms with E-state index in [0.29, 0.717) is 30.3 Å². The fraction of sp³-hybridized carbons (Fsp3) is 0.250. The van der Waals surface area contributed by atoms with Gasteiger partial charge in [-0.1, -0.05) is 36.4 Å². The molecule has 6 nitrogen and oxygen atoms in total. The third kappa shape index (κ3) is 6.65. The maximum Gasteiger partial charge on any atom is 0.257 e. The van der Waals surface area contributed by atoms with E-state index in [1.807, 2.05) is 31.2 Å². The van der Waals surface area contributed by atoms with Gasteiger partial charge in [0.25, 0.3) is 5.91 Å². The largest absolute Gasteiger partial charge is 0.493 e. The SMILES string of the molecule is CCNC(=O)COc1ccc(CNC(=O)CSc2ccc3ccccc3c2)cc1OC. The number of benzene rings is 3. The van der Waals surface area contributed by atoms with Gasteiger partial charge in [-0.25, -0.2) is 0 Å². The number of carbonyl (C=O) groups excluding carboxylic acids is 2. The summed E-state index contributed by atoms with van der Waals surface area (Å²) in [5.74, 6) is 1.10. The first kappa shape index (κ1) is 22.5. The Labute approximate surface area is 186 Å². The molecule has 3 rings (SSSR count). The van der Waals surface area contributed by atoms with Gasteiger partial charge < -0.3 is 20.1 Å². The Morgan fingerprint density at radius 2 is 1.71 bits per heavy atom. The van der Waals surface area contributed by atoms with Crippen LogP contribution in [0.1, 0.15) is 12.5 Å². The maximum absolute atomic E-state index is 12.3. The number of hydrogen-bond donors (Lipinski definition) is 2. The van der Waals surface area contributed by atoms with Gasteiger partial charge in [-0.05, 0) is 47.5 Å². The molecular weight excluding hydrogens is 412 g/mol.